The molecule has 0 unspecified atom stereocenters. The number of aliphatic hydroxyl groups excluding tert-OH is 2. The molecule has 5 N–H and O–H groups in total. The Balaban J connectivity index is 2.10. The van der Waals surface area contributed by atoms with Gasteiger partial charge in [0.15, 0.2) is 5.65 Å². The summed E-state index contributed by atoms with van der Waals surface area (Å²) in [5.41, 5.74) is 4.95. The molecule has 1 aliphatic rings. The Kier molecular flexibility index (Phi) is 2.87. The molecule has 9 heteroatoms. The van der Waals surface area contributed by atoms with E-state index in [2.05, 4.69) is 15.1 Å². The number of ether oxygens (including phenoxy) is 1. The van der Waals surface area contributed by atoms with Crippen LogP contribution in [-0.2, 0) is 4.74 Å². The molecule has 20 heavy (non-hydrogen) atoms. The standard InChI is InChI=1S/C11H15N5O4/c1-11(19)7(18)6(3-17)20-8(11)5-2-15-16-9(5)13-4-14-10(16)12/h2,4,6-8,17-19H,3H2,1H3,(H2,12,13,14)/t6-,7+,8+,11-/m1/s1. The lowest BCUT2D eigenvalue weighted by molar-refractivity contribution is -0.0641. The van der Waals surface area contributed by atoms with Gasteiger partial charge in [-0.3, -0.25) is 0 Å². The van der Waals surface area contributed by atoms with E-state index in [1.54, 1.807) is 0 Å². The van der Waals surface area contributed by atoms with E-state index in [0.29, 0.717) is 11.2 Å². The lowest BCUT2D eigenvalue weighted by Crippen LogP contribution is -2.43. The summed E-state index contributed by atoms with van der Waals surface area (Å²) in [6.45, 7) is 1.04. The fourth-order valence-corrected chi connectivity index (χ4v) is 2.48. The Labute approximate surface area is 113 Å². The second kappa shape index (κ2) is 4.35. The summed E-state index contributed by atoms with van der Waals surface area (Å²) < 4.78 is 6.84. The lowest BCUT2D eigenvalue weighted by Gasteiger charge is -2.25. The molecule has 9 nitrogen and oxygen atoms in total. The first-order valence-corrected chi connectivity index (χ1v) is 6.07. The van der Waals surface area contributed by atoms with Crippen LogP contribution in [-0.4, -0.2) is 59.3 Å². The monoisotopic (exact) mass is 281 g/mol. The molecule has 2 aromatic heterocycles. The number of aromatic nitrogens is 4. The van der Waals surface area contributed by atoms with E-state index in [9.17, 15) is 15.3 Å². The zero-order chi connectivity index (χ0) is 14.5. The van der Waals surface area contributed by atoms with Gasteiger partial charge in [0.05, 0.1) is 12.8 Å². The van der Waals surface area contributed by atoms with Crippen LogP contribution < -0.4 is 5.73 Å². The summed E-state index contributed by atoms with van der Waals surface area (Å²) in [7, 11) is 0. The minimum atomic E-state index is -1.57. The number of anilines is 1. The second-order valence-corrected chi connectivity index (χ2v) is 4.97. The Morgan fingerprint density at radius 2 is 2.25 bits per heavy atom. The summed E-state index contributed by atoms with van der Waals surface area (Å²) >= 11 is 0. The van der Waals surface area contributed by atoms with Crippen molar-refractivity contribution in [2.24, 2.45) is 0 Å². The number of nitrogens with two attached hydrogens (primary N) is 1. The molecule has 3 rings (SSSR count). The third kappa shape index (κ3) is 1.68. The molecule has 0 amide bonds. The van der Waals surface area contributed by atoms with Crippen molar-refractivity contribution in [1.82, 2.24) is 19.6 Å². The van der Waals surface area contributed by atoms with Gasteiger partial charge in [-0.1, -0.05) is 0 Å². The minimum Gasteiger partial charge on any atom is -0.394 e. The predicted molar refractivity (Wildman–Crippen MR) is 66.5 cm³/mol. The Morgan fingerprint density at radius 3 is 2.90 bits per heavy atom. The van der Waals surface area contributed by atoms with E-state index in [1.165, 1.54) is 24.0 Å². The molecule has 0 saturated carbocycles. The molecule has 108 valence electrons. The molecule has 0 aromatic carbocycles. The number of nitrogen functional groups attached to an aromatic ring is 1. The highest BCUT2D eigenvalue weighted by Crippen LogP contribution is 2.42. The van der Waals surface area contributed by atoms with Crippen molar-refractivity contribution in [3.63, 3.8) is 0 Å². The third-order valence-corrected chi connectivity index (χ3v) is 3.61. The third-order valence-electron chi connectivity index (χ3n) is 3.61. The van der Waals surface area contributed by atoms with E-state index < -0.39 is 30.5 Å². The fourth-order valence-electron chi connectivity index (χ4n) is 2.48. The van der Waals surface area contributed by atoms with Crippen molar-refractivity contribution < 1.29 is 20.1 Å². The number of nitrogens with zero attached hydrogens (tertiary/aromatic N) is 4. The normalized spacial score (nSPS) is 33.9. The number of aliphatic hydroxyl groups is 3. The van der Waals surface area contributed by atoms with Crippen molar-refractivity contribution >= 4 is 11.6 Å². The summed E-state index contributed by atoms with van der Waals surface area (Å²) in [5.74, 6) is 0.151. The van der Waals surface area contributed by atoms with E-state index in [4.69, 9.17) is 10.5 Å². The molecule has 0 bridgehead atoms. The van der Waals surface area contributed by atoms with Gasteiger partial charge in [0.2, 0.25) is 5.95 Å². The molecule has 3 heterocycles. The molecule has 0 spiro atoms. The van der Waals surface area contributed by atoms with Gasteiger partial charge in [-0.15, -0.1) is 0 Å². The average Bonchev–Trinajstić information content (AvgIpc) is 2.92. The largest absolute Gasteiger partial charge is 0.394 e. The van der Waals surface area contributed by atoms with E-state index in [1.807, 2.05) is 0 Å². The van der Waals surface area contributed by atoms with Gasteiger partial charge in [-0.2, -0.15) is 9.61 Å². The highest BCUT2D eigenvalue weighted by Gasteiger charge is 2.53. The van der Waals surface area contributed by atoms with Crippen molar-refractivity contribution in [3.05, 3.63) is 18.1 Å². The molecular formula is C11H15N5O4. The van der Waals surface area contributed by atoms with Gasteiger partial charge in [-0.25, -0.2) is 9.97 Å². The first-order chi connectivity index (χ1) is 9.46. The van der Waals surface area contributed by atoms with Crippen molar-refractivity contribution in [2.45, 2.75) is 30.8 Å². The maximum absolute atomic E-state index is 10.4. The van der Waals surface area contributed by atoms with E-state index in [-0.39, 0.29) is 5.95 Å². The summed E-state index contributed by atoms with van der Waals surface area (Å²) in [5, 5.41) is 33.6. The van der Waals surface area contributed by atoms with Crippen molar-refractivity contribution in [1.29, 1.82) is 0 Å². The SMILES string of the molecule is C[C@]1(O)[C@H](c2cnn3c(N)ncnc23)O[C@H](CO)[C@@H]1O. The smallest absolute Gasteiger partial charge is 0.224 e. The molecule has 1 saturated heterocycles. The zero-order valence-corrected chi connectivity index (χ0v) is 10.7. The maximum atomic E-state index is 10.4. The van der Waals surface area contributed by atoms with Gasteiger partial charge in [0, 0.05) is 5.56 Å². The Bertz CT molecular complexity index is 643. The summed E-state index contributed by atoms with van der Waals surface area (Å²) in [4.78, 5) is 7.87. The first-order valence-electron chi connectivity index (χ1n) is 6.07. The summed E-state index contributed by atoms with van der Waals surface area (Å²) in [6.07, 6.45) is -0.233. The molecule has 1 aliphatic heterocycles. The molecule has 4 atom stereocenters. The molecule has 0 radical (unpaired) electrons. The molecule has 0 aliphatic carbocycles. The van der Waals surface area contributed by atoms with Crippen LogP contribution in [0.1, 0.15) is 18.6 Å². The lowest BCUT2D eigenvalue weighted by atomic mass is 9.90. The molecular weight excluding hydrogens is 266 g/mol. The highest BCUT2D eigenvalue weighted by molar-refractivity contribution is 5.51. The number of rotatable bonds is 2. The van der Waals surface area contributed by atoms with Gasteiger partial charge in [-0.05, 0) is 6.92 Å². The van der Waals surface area contributed by atoms with Crippen LogP contribution in [0.15, 0.2) is 12.5 Å². The Morgan fingerprint density at radius 1 is 1.50 bits per heavy atom. The van der Waals surface area contributed by atoms with Crippen LogP contribution in [0.4, 0.5) is 5.95 Å². The predicted octanol–water partition coefficient (Wildman–Crippen LogP) is -1.75. The molecule has 2 aromatic rings. The van der Waals surface area contributed by atoms with Gasteiger partial charge < -0.3 is 25.8 Å². The van der Waals surface area contributed by atoms with E-state index in [0.717, 1.165) is 0 Å². The van der Waals surface area contributed by atoms with Crippen LogP contribution in [0.25, 0.3) is 5.65 Å². The van der Waals surface area contributed by atoms with Crippen LogP contribution in [0.5, 0.6) is 0 Å². The van der Waals surface area contributed by atoms with Crippen molar-refractivity contribution in [3.8, 4) is 0 Å². The highest BCUT2D eigenvalue weighted by atomic mass is 16.6. The van der Waals surface area contributed by atoms with Crippen LogP contribution >= 0.6 is 0 Å². The number of hydrogen-bond acceptors (Lipinski definition) is 8. The second-order valence-electron chi connectivity index (χ2n) is 4.97. The van der Waals surface area contributed by atoms with Crippen molar-refractivity contribution in [2.75, 3.05) is 12.3 Å². The van der Waals surface area contributed by atoms with Crippen LogP contribution in [0.3, 0.4) is 0 Å². The topological polar surface area (TPSA) is 139 Å². The minimum absolute atomic E-state index is 0.151. The zero-order valence-electron chi connectivity index (χ0n) is 10.7. The van der Waals surface area contributed by atoms with E-state index >= 15 is 0 Å². The van der Waals surface area contributed by atoms with Gasteiger partial charge >= 0.3 is 0 Å². The van der Waals surface area contributed by atoms with Gasteiger partial charge in [0.1, 0.15) is 30.2 Å². The number of hydrogen-bond donors (Lipinski definition) is 4. The Hall–Kier alpha value is -1.81. The number of fused-ring (bicyclic) bond motifs is 1. The quantitative estimate of drug-likeness (QED) is 0.508. The van der Waals surface area contributed by atoms with Crippen LogP contribution in [0.2, 0.25) is 0 Å². The maximum Gasteiger partial charge on any atom is 0.224 e. The van der Waals surface area contributed by atoms with Gasteiger partial charge in [0.25, 0.3) is 0 Å². The summed E-state index contributed by atoms with van der Waals surface area (Å²) in [6, 6.07) is 0. The van der Waals surface area contributed by atoms with Crippen LogP contribution in [0, 0.1) is 0 Å². The fraction of sp³-hybridized carbons (Fsp3) is 0.545. The first kappa shape index (κ1) is 13.2. The average molecular weight is 281 g/mol. The molecule has 1 fully saturated rings.